The molecule has 0 aliphatic heterocycles. The van der Waals surface area contributed by atoms with Crippen LogP contribution in [0.3, 0.4) is 0 Å². The third-order valence-corrected chi connectivity index (χ3v) is 5.88. The van der Waals surface area contributed by atoms with Crippen molar-refractivity contribution in [2.24, 2.45) is 0 Å². The minimum absolute atomic E-state index is 0.0394. The first-order chi connectivity index (χ1) is 12.8. The molecule has 1 atom stereocenters. The van der Waals surface area contributed by atoms with Gasteiger partial charge in [0.05, 0.1) is 4.90 Å². The Labute approximate surface area is 161 Å². The highest BCUT2D eigenvalue weighted by Crippen LogP contribution is 2.27. The van der Waals surface area contributed by atoms with E-state index < -0.39 is 34.7 Å². The zero-order valence-electron chi connectivity index (χ0n) is 15.8. The van der Waals surface area contributed by atoms with Gasteiger partial charge in [-0.1, -0.05) is 17.7 Å². The molecule has 2 aromatic rings. The Hall–Kier alpha value is -2.13. The predicted octanol–water partition coefficient (Wildman–Crippen LogP) is 4.35. The third-order valence-electron chi connectivity index (χ3n) is 4.11. The highest BCUT2D eigenvalue weighted by molar-refractivity contribution is 7.89. The van der Waals surface area contributed by atoms with E-state index >= 15 is 0 Å². The summed E-state index contributed by atoms with van der Waals surface area (Å²) in [6, 6.07) is 4.06. The lowest BCUT2D eigenvalue weighted by molar-refractivity contribution is -0.157. The monoisotopic (exact) mass is 419 g/mol. The summed E-state index contributed by atoms with van der Waals surface area (Å²) in [4.78, 5) is -0.190. The molecule has 0 aliphatic carbocycles. The van der Waals surface area contributed by atoms with Gasteiger partial charge in [-0.2, -0.15) is 17.9 Å². The van der Waals surface area contributed by atoms with Gasteiger partial charge in [0.25, 0.3) is 0 Å². The number of hydrogen-bond donors (Lipinski definition) is 1. The smallest absolute Gasteiger partial charge is 0.408 e. The van der Waals surface area contributed by atoms with Crippen LogP contribution in [0.5, 0.6) is 5.75 Å². The molecule has 0 saturated carbocycles. The van der Waals surface area contributed by atoms with E-state index in [-0.39, 0.29) is 10.6 Å². The van der Waals surface area contributed by atoms with Crippen molar-refractivity contribution in [3.05, 3.63) is 58.4 Å². The first kappa shape index (κ1) is 22.2. The first-order valence-corrected chi connectivity index (χ1v) is 9.85. The molecule has 0 aliphatic rings. The van der Waals surface area contributed by atoms with Crippen LogP contribution in [0, 0.1) is 33.5 Å². The van der Waals surface area contributed by atoms with E-state index in [2.05, 4.69) is 0 Å². The fourth-order valence-electron chi connectivity index (χ4n) is 2.98. The summed E-state index contributed by atoms with van der Waals surface area (Å²) in [7, 11) is -4.45. The van der Waals surface area contributed by atoms with E-state index in [1.165, 1.54) is 26.8 Å². The van der Waals surface area contributed by atoms with Crippen LogP contribution in [0.4, 0.5) is 17.6 Å². The van der Waals surface area contributed by atoms with Crippen molar-refractivity contribution in [1.29, 1.82) is 0 Å². The van der Waals surface area contributed by atoms with Crippen molar-refractivity contribution in [2.75, 3.05) is 6.61 Å². The minimum Gasteiger partial charge on any atom is -0.491 e. The summed E-state index contributed by atoms with van der Waals surface area (Å²) in [6.45, 7) is 5.30. The van der Waals surface area contributed by atoms with Crippen LogP contribution in [0.25, 0.3) is 0 Å². The molecule has 1 N–H and O–H groups in total. The molecule has 9 heteroatoms. The molecule has 0 heterocycles. The van der Waals surface area contributed by atoms with Gasteiger partial charge >= 0.3 is 6.18 Å². The van der Waals surface area contributed by atoms with Crippen LogP contribution in [0.2, 0.25) is 0 Å². The summed E-state index contributed by atoms with van der Waals surface area (Å²) < 4.78 is 85.5. The molecule has 0 saturated heterocycles. The van der Waals surface area contributed by atoms with Gasteiger partial charge in [0.15, 0.2) is 6.04 Å². The van der Waals surface area contributed by atoms with Crippen molar-refractivity contribution in [1.82, 2.24) is 4.72 Å². The molecule has 2 aromatic carbocycles. The van der Waals surface area contributed by atoms with E-state index in [0.29, 0.717) is 16.7 Å². The topological polar surface area (TPSA) is 55.4 Å². The van der Waals surface area contributed by atoms with Crippen LogP contribution in [0.15, 0.2) is 35.2 Å². The van der Waals surface area contributed by atoms with Gasteiger partial charge in [-0.05, 0) is 62.6 Å². The highest BCUT2D eigenvalue weighted by atomic mass is 32.2. The van der Waals surface area contributed by atoms with Crippen molar-refractivity contribution in [3.8, 4) is 5.75 Å². The maximum absolute atomic E-state index is 13.4. The van der Waals surface area contributed by atoms with Gasteiger partial charge in [-0.25, -0.2) is 12.8 Å². The lowest BCUT2D eigenvalue weighted by Crippen LogP contribution is -2.49. The Morgan fingerprint density at radius 1 is 1.00 bits per heavy atom. The largest absolute Gasteiger partial charge is 0.491 e. The van der Waals surface area contributed by atoms with Crippen LogP contribution in [-0.2, 0) is 10.0 Å². The van der Waals surface area contributed by atoms with Gasteiger partial charge in [0.1, 0.15) is 18.2 Å². The molecular weight excluding hydrogens is 398 g/mol. The molecule has 1 unspecified atom stereocenters. The Morgan fingerprint density at radius 2 is 1.57 bits per heavy atom. The van der Waals surface area contributed by atoms with Crippen molar-refractivity contribution >= 4 is 10.0 Å². The third kappa shape index (κ3) is 5.23. The van der Waals surface area contributed by atoms with Crippen molar-refractivity contribution < 1.29 is 30.7 Å². The maximum Gasteiger partial charge on any atom is 0.408 e. The molecule has 0 aromatic heterocycles. The van der Waals surface area contributed by atoms with Crippen LogP contribution < -0.4 is 9.46 Å². The molecule has 28 heavy (non-hydrogen) atoms. The average Bonchev–Trinajstić information content (AvgIpc) is 2.50. The number of hydrogen-bond acceptors (Lipinski definition) is 3. The van der Waals surface area contributed by atoms with Gasteiger partial charge in [0.2, 0.25) is 10.0 Å². The molecular formula is C19H21F4NO3S. The summed E-state index contributed by atoms with van der Waals surface area (Å²) in [5.74, 6) is -0.513. The second kappa shape index (κ2) is 8.08. The molecule has 154 valence electrons. The molecule has 0 amide bonds. The fourth-order valence-corrected chi connectivity index (χ4v) is 4.64. The summed E-state index contributed by atoms with van der Waals surface area (Å²) in [5.41, 5.74) is 1.80. The zero-order chi connectivity index (χ0) is 21.3. The zero-order valence-corrected chi connectivity index (χ0v) is 16.6. The van der Waals surface area contributed by atoms with Crippen LogP contribution >= 0.6 is 0 Å². The Kier molecular flexibility index (Phi) is 6.40. The number of rotatable bonds is 6. The number of halogens is 4. The predicted molar refractivity (Wildman–Crippen MR) is 97.4 cm³/mol. The lowest BCUT2D eigenvalue weighted by atomic mass is 10.1. The summed E-state index contributed by atoms with van der Waals surface area (Å²) in [5, 5.41) is 0. The number of ether oxygens (including phenoxy) is 1. The van der Waals surface area contributed by atoms with Gasteiger partial charge in [-0.15, -0.1) is 0 Å². The first-order valence-electron chi connectivity index (χ1n) is 8.37. The standard InChI is InChI=1S/C19H21F4NO3S/c1-11-7-13(3)18(14(4)8-11)28(25,26)24-17(19(21,22)23)10-27-16-6-5-15(20)9-12(16)2/h5-9,17,24H,10H2,1-4H3. The Bertz CT molecular complexity index is 949. The highest BCUT2D eigenvalue weighted by Gasteiger charge is 2.43. The molecule has 0 spiro atoms. The lowest BCUT2D eigenvalue weighted by Gasteiger charge is -2.23. The maximum atomic E-state index is 13.4. The van der Waals surface area contributed by atoms with E-state index in [1.807, 2.05) is 0 Å². The van der Waals surface area contributed by atoms with E-state index in [9.17, 15) is 26.0 Å². The Balaban J connectivity index is 2.29. The van der Waals surface area contributed by atoms with Gasteiger partial charge in [-0.3, -0.25) is 0 Å². The number of nitrogens with one attached hydrogen (secondary N) is 1. The summed E-state index contributed by atoms with van der Waals surface area (Å²) >= 11 is 0. The molecule has 0 bridgehead atoms. The van der Waals surface area contributed by atoms with E-state index in [0.717, 1.165) is 17.7 Å². The Morgan fingerprint density at radius 3 is 2.07 bits per heavy atom. The fraction of sp³-hybridized carbons (Fsp3) is 0.368. The number of sulfonamides is 1. The van der Waals surface area contributed by atoms with Crippen molar-refractivity contribution in [3.63, 3.8) is 0 Å². The minimum atomic E-state index is -4.88. The quantitative estimate of drug-likeness (QED) is 0.709. The molecule has 0 fully saturated rings. The number of aryl methyl sites for hydroxylation is 4. The molecule has 2 rings (SSSR count). The molecule has 4 nitrogen and oxygen atoms in total. The SMILES string of the molecule is Cc1cc(C)c(S(=O)(=O)NC(COc2ccc(F)cc2C)C(F)(F)F)c(C)c1. The average molecular weight is 419 g/mol. The number of benzene rings is 2. The van der Waals surface area contributed by atoms with E-state index in [1.54, 1.807) is 23.8 Å². The second-order valence-electron chi connectivity index (χ2n) is 6.66. The van der Waals surface area contributed by atoms with E-state index in [4.69, 9.17) is 4.74 Å². The normalized spacial score (nSPS) is 13.4. The van der Waals surface area contributed by atoms with Gasteiger partial charge < -0.3 is 4.74 Å². The van der Waals surface area contributed by atoms with Crippen LogP contribution in [0.1, 0.15) is 22.3 Å². The van der Waals surface area contributed by atoms with Crippen molar-refractivity contribution in [2.45, 2.75) is 44.8 Å². The van der Waals surface area contributed by atoms with Gasteiger partial charge in [0, 0.05) is 0 Å². The summed E-state index contributed by atoms with van der Waals surface area (Å²) in [6.07, 6.45) is -4.88. The second-order valence-corrected chi connectivity index (χ2v) is 8.31. The van der Waals surface area contributed by atoms with Crippen LogP contribution in [-0.4, -0.2) is 27.2 Å². The number of alkyl halides is 3. The molecule has 0 radical (unpaired) electrons.